The molecule has 0 atom stereocenters. The van der Waals surface area contributed by atoms with Gasteiger partial charge in [0, 0.05) is 24.2 Å². The van der Waals surface area contributed by atoms with E-state index >= 15 is 0 Å². The van der Waals surface area contributed by atoms with Crippen molar-refractivity contribution in [3.05, 3.63) is 29.3 Å². The monoisotopic (exact) mass is 278 g/mol. The maximum absolute atomic E-state index is 11.6. The van der Waals surface area contributed by atoms with Crippen LogP contribution >= 0.6 is 0 Å². The van der Waals surface area contributed by atoms with Crippen LogP contribution in [0.2, 0.25) is 0 Å². The molecule has 0 aromatic heterocycles. The minimum absolute atomic E-state index is 0.0515. The highest BCUT2D eigenvalue weighted by atomic mass is 16.5. The van der Waals surface area contributed by atoms with Crippen LogP contribution in [0, 0.1) is 6.92 Å². The predicted molar refractivity (Wildman–Crippen MR) is 81.9 cm³/mol. The van der Waals surface area contributed by atoms with E-state index in [4.69, 9.17) is 4.74 Å². The van der Waals surface area contributed by atoms with Gasteiger partial charge in [0.25, 0.3) is 5.91 Å². The number of benzene rings is 1. The van der Waals surface area contributed by atoms with Crippen molar-refractivity contribution in [2.75, 3.05) is 6.61 Å². The summed E-state index contributed by atoms with van der Waals surface area (Å²) in [6, 6.07) is 6.55. The van der Waals surface area contributed by atoms with Crippen molar-refractivity contribution in [1.29, 1.82) is 0 Å². The second-order valence-corrected chi connectivity index (χ2v) is 5.66. The van der Waals surface area contributed by atoms with Gasteiger partial charge in [0.1, 0.15) is 5.75 Å². The minimum atomic E-state index is -0.0941. The number of carbonyl (C=O) groups is 1. The minimum Gasteiger partial charge on any atom is -0.483 e. The largest absolute Gasteiger partial charge is 0.483 e. The summed E-state index contributed by atoms with van der Waals surface area (Å²) in [7, 11) is 0. The highest BCUT2D eigenvalue weighted by molar-refractivity contribution is 5.77. The van der Waals surface area contributed by atoms with Crippen molar-refractivity contribution < 1.29 is 9.53 Å². The zero-order valence-electron chi connectivity index (χ0n) is 13.1. The summed E-state index contributed by atoms with van der Waals surface area (Å²) in [5.41, 5.74) is 2.26. The maximum atomic E-state index is 11.6. The molecule has 0 spiro atoms. The van der Waals surface area contributed by atoms with E-state index in [1.165, 1.54) is 5.56 Å². The first-order chi connectivity index (χ1) is 9.38. The molecule has 0 saturated heterocycles. The van der Waals surface area contributed by atoms with Gasteiger partial charge in [0.05, 0.1) is 0 Å². The molecule has 0 unspecified atom stereocenters. The van der Waals surface area contributed by atoms with Crippen LogP contribution in [-0.4, -0.2) is 24.6 Å². The molecule has 0 bridgehead atoms. The standard InChI is InChI=1S/C16H26N2O2/c1-11(2)17-9-14-8-13(5)6-7-15(14)20-10-16(19)18-12(3)4/h6-8,11-12,17H,9-10H2,1-5H3,(H,18,19). The number of hydrogen-bond donors (Lipinski definition) is 2. The third-order valence-corrected chi connectivity index (χ3v) is 2.73. The molecule has 20 heavy (non-hydrogen) atoms. The Hall–Kier alpha value is -1.55. The van der Waals surface area contributed by atoms with Crippen LogP contribution in [0.5, 0.6) is 5.75 Å². The van der Waals surface area contributed by atoms with Crippen LogP contribution in [0.25, 0.3) is 0 Å². The number of ether oxygens (including phenoxy) is 1. The van der Waals surface area contributed by atoms with Crippen LogP contribution in [-0.2, 0) is 11.3 Å². The van der Waals surface area contributed by atoms with Crippen molar-refractivity contribution in [1.82, 2.24) is 10.6 Å². The molecule has 4 heteroatoms. The lowest BCUT2D eigenvalue weighted by atomic mass is 10.1. The summed E-state index contributed by atoms with van der Waals surface area (Å²) in [6.45, 7) is 10.9. The normalized spacial score (nSPS) is 10.9. The average Bonchev–Trinajstić information content (AvgIpc) is 2.34. The van der Waals surface area contributed by atoms with Gasteiger partial charge in [-0.05, 0) is 26.8 Å². The zero-order chi connectivity index (χ0) is 15.1. The van der Waals surface area contributed by atoms with Gasteiger partial charge in [-0.15, -0.1) is 0 Å². The fourth-order valence-electron chi connectivity index (χ4n) is 1.81. The third kappa shape index (κ3) is 6.06. The lowest BCUT2D eigenvalue weighted by Gasteiger charge is -2.15. The Labute approximate surface area is 121 Å². The molecule has 0 aliphatic carbocycles. The molecule has 0 fully saturated rings. The number of hydrogen-bond acceptors (Lipinski definition) is 3. The number of aryl methyl sites for hydroxylation is 1. The number of carbonyl (C=O) groups excluding carboxylic acids is 1. The molecule has 2 N–H and O–H groups in total. The molecule has 0 aliphatic heterocycles. The van der Waals surface area contributed by atoms with E-state index in [9.17, 15) is 4.79 Å². The second kappa shape index (κ2) is 7.90. The first-order valence-corrected chi connectivity index (χ1v) is 7.13. The van der Waals surface area contributed by atoms with Gasteiger partial charge in [-0.2, -0.15) is 0 Å². The highest BCUT2D eigenvalue weighted by Gasteiger charge is 2.08. The van der Waals surface area contributed by atoms with E-state index < -0.39 is 0 Å². The first-order valence-electron chi connectivity index (χ1n) is 7.13. The number of rotatable bonds is 7. The Morgan fingerprint density at radius 2 is 1.90 bits per heavy atom. The fraction of sp³-hybridized carbons (Fsp3) is 0.562. The van der Waals surface area contributed by atoms with Gasteiger partial charge < -0.3 is 15.4 Å². The summed E-state index contributed by atoms with van der Waals surface area (Å²) in [6.07, 6.45) is 0. The quantitative estimate of drug-likeness (QED) is 0.805. The molecule has 1 rings (SSSR count). The Bertz CT molecular complexity index is 442. The van der Waals surface area contributed by atoms with Gasteiger partial charge in [-0.1, -0.05) is 31.5 Å². The molecule has 0 radical (unpaired) electrons. The van der Waals surface area contributed by atoms with E-state index in [2.05, 4.69) is 30.5 Å². The molecule has 1 aromatic carbocycles. The summed E-state index contributed by atoms with van der Waals surface area (Å²) in [5.74, 6) is 0.672. The van der Waals surface area contributed by atoms with E-state index in [1.807, 2.05) is 32.9 Å². The van der Waals surface area contributed by atoms with Crippen LogP contribution in [0.1, 0.15) is 38.8 Å². The van der Waals surface area contributed by atoms with Crippen LogP contribution in [0.15, 0.2) is 18.2 Å². The smallest absolute Gasteiger partial charge is 0.258 e. The SMILES string of the molecule is Cc1ccc(OCC(=O)NC(C)C)c(CNC(C)C)c1. The molecule has 1 amide bonds. The zero-order valence-corrected chi connectivity index (χ0v) is 13.1. The van der Waals surface area contributed by atoms with Crippen molar-refractivity contribution in [3.63, 3.8) is 0 Å². The Morgan fingerprint density at radius 3 is 2.50 bits per heavy atom. The molecule has 4 nitrogen and oxygen atoms in total. The van der Waals surface area contributed by atoms with Crippen molar-refractivity contribution in [2.45, 2.75) is 53.2 Å². The average molecular weight is 278 g/mol. The van der Waals surface area contributed by atoms with Gasteiger partial charge in [0.15, 0.2) is 6.61 Å². The second-order valence-electron chi connectivity index (χ2n) is 5.66. The van der Waals surface area contributed by atoms with Gasteiger partial charge >= 0.3 is 0 Å². The van der Waals surface area contributed by atoms with Crippen LogP contribution < -0.4 is 15.4 Å². The molecule has 112 valence electrons. The van der Waals surface area contributed by atoms with E-state index in [0.717, 1.165) is 17.9 Å². The molecule has 0 heterocycles. The summed E-state index contributed by atoms with van der Waals surface area (Å²) in [4.78, 5) is 11.6. The fourth-order valence-corrected chi connectivity index (χ4v) is 1.81. The number of nitrogens with one attached hydrogen (secondary N) is 2. The Morgan fingerprint density at radius 1 is 1.20 bits per heavy atom. The van der Waals surface area contributed by atoms with E-state index in [0.29, 0.717) is 6.04 Å². The predicted octanol–water partition coefficient (Wildman–Crippen LogP) is 2.40. The molecule has 0 saturated carbocycles. The molecule has 0 aliphatic rings. The maximum Gasteiger partial charge on any atom is 0.258 e. The molecule has 1 aromatic rings. The van der Waals surface area contributed by atoms with Crippen LogP contribution in [0.3, 0.4) is 0 Å². The molecular weight excluding hydrogens is 252 g/mol. The lowest BCUT2D eigenvalue weighted by molar-refractivity contribution is -0.123. The number of amides is 1. The van der Waals surface area contributed by atoms with E-state index in [1.54, 1.807) is 0 Å². The Balaban J connectivity index is 2.66. The van der Waals surface area contributed by atoms with Crippen molar-refractivity contribution in [2.24, 2.45) is 0 Å². The van der Waals surface area contributed by atoms with Gasteiger partial charge in [-0.25, -0.2) is 0 Å². The summed E-state index contributed by atoms with van der Waals surface area (Å²) in [5, 5.41) is 6.18. The topological polar surface area (TPSA) is 50.4 Å². The van der Waals surface area contributed by atoms with E-state index in [-0.39, 0.29) is 18.6 Å². The summed E-state index contributed by atoms with van der Waals surface area (Å²) < 4.78 is 5.64. The first kappa shape index (κ1) is 16.5. The Kier molecular flexibility index (Phi) is 6.52. The van der Waals surface area contributed by atoms with Crippen molar-refractivity contribution in [3.8, 4) is 5.75 Å². The van der Waals surface area contributed by atoms with Crippen LogP contribution in [0.4, 0.5) is 0 Å². The molecular formula is C16H26N2O2. The summed E-state index contributed by atoms with van der Waals surface area (Å²) >= 11 is 0. The third-order valence-electron chi connectivity index (χ3n) is 2.73. The van der Waals surface area contributed by atoms with Gasteiger partial charge in [-0.3, -0.25) is 4.79 Å². The lowest BCUT2D eigenvalue weighted by Crippen LogP contribution is -2.34. The van der Waals surface area contributed by atoms with Crippen molar-refractivity contribution >= 4 is 5.91 Å². The van der Waals surface area contributed by atoms with Gasteiger partial charge in [0.2, 0.25) is 0 Å². The highest BCUT2D eigenvalue weighted by Crippen LogP contribution is 2.20.